The molecule has 0 fully saturated rings. The van der Waals surface area contributed by atoms with Gasteiger partial charge in [0, 0.05) is 17.9 Å². The van der Waals surface area contributed by atoms with Crippen molar-refractivity contribution >= 4 is 41.1 Å². The first-order chi connectivity index (χ1) is 16.0. The van der Waals surface area contributed by atoms with E-state index in [9.17, 15) is 18.8 Å². The first kappa shape index (κ1) is 23.1. The van der Waals surface area contributed by atoms with Crippen LogP contribution in [0.4, 0.5) is 10.1 Å². The van der Waals surface area contributed by atoms with Crippen molar-refractivity contribution < 1.29 is 18.7 Å². The summed E-state index contributed by atoms with van der Waals surface area (Å²) in [6.07, 6.45) is 0.687. The molecule has 1 aliphatic rings. The fraction of sp³-hybridized carbons (Fsp3) is 0.217. The summed E-state index contributed by atoms with van der Waals surface area (Å²) in [4.78, 5) is 42.6. The van der Waals surface area contributed by atoms with Gasteiger partial charge in [0.25, 0.3) is 5.56 Å². The molecule has 0 atom stereocenters. The van der Waals surface area contributed by atoms with Crippen LogP contribution in [0.15, 0.2) is 63.4 Å². The number of aromatic nitrogens is 2. The Morgan fingerprint density at radius 2 is 1.91 bits per heavy atom. The van der Waals surface area contributed by atoms with Crippen molar-refractivity contribution in [1.82, 2.24) is 9.55 Å². The zero-order valence-corrected chi connectivity index (χ0v) is 19.3. The van der Waals surface area contributed by atoms with Crippen LogP contribution in [-0.4, -0.2) is 39.5 Å². The van der Waals surface area contributed by atoms with Crippen molar-refractivity contribution in [3.63, 3.8) is 0 Å². The fourth-order valence-electron chi connectivity index (χ4n) is 3.24. The second kappa shape index (κ2) is 10.2. The van der Waals surface area contributed by atoms with E-state index in [-0.39, 0.29) is 23.8 Å². The molecule has 4 rings (SSSR count). The third kappa shape index (κ3) is 5.28. The number of anilines is 1. The number of nitrogens with zero attached hydrogens (tertiary/aromatic N) is 2. The molecule has 0 bridgehead atoms. The molecule has 1 aliphatic heterocycles. The number of nitrogens with one attached hydrogen (secondary N) is 1. The minimum absolute atomic E-state index is 0.0131. The van der Waals surface area contributed by atoms with Gasteiger partial charge < -0.3 is 10.1 Å². The van der Waals surface area contributed by atoms with Crippen LogP contribution in [0.2, 0.25) is 0 Å². The van der Waals surface area contributed by atoms with E-state index in [0.29, 0.717) is 33.4 Å². The zero-order valence-electron chi connectivity index (χ0n) is 17.7. The SMILES string of the molecule is CCOC(=O)c1ccc(NC(=O)CSc2nc3c(c(=O)n2-c2ccc(F)cc2)SCC3)cc1. The van der Waals surface area contributed by atoms with Crippen LogP contribution >= 0.6 is 23.5 Å². The molecule has 1 aromatic heterocycles. The fourth-order valence-corrected chi connectivity index (χ4v) is 5.09. The van der Waals surface area contributed by atoms with Gasteiger partial charge in [0.2, 0.25) is 5.91 Å². The van der Waals surface area contributed by atoms with Crippen LogP contribution in [0.3, 0.4) is 0 Å². The molecule has 2 heterocycles. The summed E-state index contributed by atoms with van der Waals surface area (Å²) < 4.78 is 19.8. The Morgan fingerprint density at radius 3 is 2.61 bits per heavy atom. The summed E-state index contributed by atoms with van der Waals surface area (Å²) in [7, 11) is 0. The Hall–Kier alpha value is -3.11. The summed E-state index contributed by atoms with van der Waals surface area (Å²) in [5.41, 5.74) is 1.92. The van der Waals surface area contributed by atoms with Gasteiger partial charge in [0.05, 0.1) is 34.2 Å². The van der Waals surface area contributed by atoms with Crippen molar-refractivity contribution in [3.05, 3.63) is 76.0 Å². The number of benzene rings is 2. The molecule has 0 saturated heterocycles. The van der Waals surface area contributed by atoms with Crippen LogP contribution in [-0.2, 0) is 16.0 Å². The molecule has 0 radical (unpaired) electrons. The van der Waals surface area contributed by atoms with E-state index in [1.165, 1.54) is 40.6 Å². The lowest BCUT2D eigenvalue weighted by atomic mass is 10.2. The standard InChI is InChI=1S/C23H20FN3O4S2/c1-2-31-22(30)14-3-7-16(8-4-14)25-19(28)13-33-23-26-18-11-12-32-20(18)21(29)27(23)17-9-5-15(24)6-10-17/h3-10H,2,11-13H2,1H3,(H,25,28). The van der Waals surface area contributed by atoms with E-state index in [0.717, 1.165) is 23.2 Å². The van der Waals surface area contributed by atoms with E-state index in [4.69, 9.17) is 4.74 Å². The number of thioether (sulfide) groups is 2. The van der Waals surface area contributed by atoms with Crippen molar-refractivity contribution in [2.75, 3.05) is 23.4 Å². The molecule has 0 spiro atoms. The minimum Gasteiger partial charge on any atom is -0.462 e. The third-order valence-electron chi connectivity index (χ3n) is 4.76. The molecule has 33 heavy (non-hydrogen) atoms. The number of amides is 1. The van der Waals surface area contributed by atoms with Gasteiger partial charge in [-0.25, -0.2) is 14.2 Å². The quantitative estimate of drug-likeness (QED) is 0.308. The smallest absolute Gasteiger partial charge is 0.338 e. The van der Waals surface area contributed by atoms with E-state index >= 15 is 0 Å². The lowest BCUT2D eigenvalue weighted by molar-refractivity contribution is -0.113. The highest BCUT2D eigenvalue weighted by molar-refractivity contribution is 8.00. The summed E-state index contributed by atoms with van der Waals surface area (Å²) in [6, 6.07) is 12.0. The molecule has 1 N–H and O–H groups in total. The highest BCUT2D eigenvalue weighted by Crippen LogP contribution is 2.30. The predicted octanol–water partition coefficient (Wildman–Crippen LogP) is 3.93. The normalized spacial score (nSPS) is 12.3. The van der Waals surface area contributed by atoms with Crippen molar-refractivity contribution in [2.45, 2.75) is 23.4 Å². The lowest BCUT2D eigenvalue weighted by Gasteiger charge is -2.14. The second-order valence-corrected chi connectivity index (χ2v) is 9.07. The Morgan fingerprint density at radius 1 is 1.18 bits per heavy atom. The van der Waals surface area contributed by atoms with Gasteiger partial charge in [-0.1, -0.05) is 11.8 Å². The maximum atomic E-state index is 13.4. The first-order valence-electron chi connectivity index (χ1n) is 10.2. The molecule has 1 amide bonds. The predicted molar refractivity (Wildman–Crippen MR) is 126 cm³/mol. The Labute approximate surface area is 197 Å². The van der Waals surface area contributed by atoms with Crippen molar-refractivity contribution in [2.24, 2.45) is 0 Å². The van der Waals surface area contributed by atoms with Crippen LogP contribution in [0.5, 0.6) is 0 Å². The van der Waals surface area contributed by atoms with Crippen LogP contribution in [0, 0.1) is 5.82 Å². The highest BCUT2D eigenvalue weighted by Gasteiger charge is 2.23. The van der Waals surface area contributed by atoms with Crippen molar-refractivity contribution in [1.29, 1.82) is 0 Å². The minimum atomic E-state index is -0.425. The van der Waals surface area contributed by atoms with Gasteiger partial charge in [0.1, 0.15) is 5.82 Å². The Bertz CT molecular complexity index is 1240. The molecular weight excluding hydrogens is 465 g/mol. The molecule has 170 valence electrons. The number of fused-ring (bicyclic) bond motifs is 1. The molecule has 3 aromatic rings. The Kier molecular flexibility index (Phi) is 7.14. The number of esters is 1. The van der Waals surface area contributed by atoms with Gasteiger partial charge in [-0.2, -0.15) is 0 Å². The average molecular weight is 486 g/mol. The molecule has 0 aliphatic carbocycles. The molecule has 10 heteroatoms. The third-order valence-corrected chi connectivity index (χ3v) is 6.81. The van der Waals surface area contributed by atoms with E-state index in [1.807, 2.05) is 0 Å². The Balaban J connectivity index is 1.50. The number of rotatable bonds is 7. The number of carbonyl (C=O) groups excluding carboxylic acids is 2. The van der Waals surface area contributed by atoms with Gasteiger partial charge in [-0.3, -0.25) is 14.2 Å². The largest absolute Gasteiger partial charge is 0.462 e. The summed E-state index contributed by atoms with van der Waals surface area (Å²) in [6.45, 7) is 2.02. The maximum Gasteiger partial charge on any atom is 0.338 e. The summed E-state index contributed by atoms with van der Waals surface area (Å²) >= 11 is 2.59. The molecule has 0 unspecified atom stereocenters. The molecular formula is C23H20FN3O4S2. The number of ether oxygens (including phenoxy) is 1. The highest BCUT2D eigenvalue weighted by atomic mass is 32.2. The summed E-state index contributed by atoms with van der Waals surface area (Å²) in [5.74, 6) is -0.335. The molecule has 0 saturated carbocycles. The number of aryl methyl sites for hydroxylation is 1. The van der Waals surface area contributed by atoms with E-state index in [2.05, 4.69) is 10.3 Å². The number of carbonyl (C=O) groups is 2. The van der Waals surface area contributed by atoms with Crippen molar-refractivity contribution in [3.8, 4) is 5.69 Å². The van der Waals surface area contributed by atoms with Crippen LogP contribution in [0.25, 0.3) is 5.69 Å². The van der Waals surface area contributed by atoms with Gasteiger partial charge in [0.15, 0.2) is 5.16 Å². The molecule has 7 nitrogen and oxygen atoms in total. The van der Waals surface area contributed by atoms with E-state index < -0.39 is 11.8 Å². The topological polar surface area (TPSA) is 90.3 Å². The molecule has 2 aromatic carbocycles. The average Bonchev–Trinajstić information content (AvgIpc) is 3.28. The van der Waals surface area contributed by atoms with Crippen LogP contribution < -0.4 is 10.9 Å². The summed E-state index contributed by atoms with van der Waals surface area (Å²) in [5, 5.41) is 3.14. The van der Waals surface area contributed by atoms with Gasteiger partial charge in [-0.05, 0) is 55.5 Å². The number of halogens is 1. The number of hydrogen-bond donors (Lipinski definition) is 1. The van der Waals surface area contributed by atoms with Crippen LogP contribution in [0.1, 0.15) is 23.0 Å². The first-order valence-corrected chi connectivity index (χ1v) is 12.2. The van der Waals surface area contributed by atoms with E-state index in [1.54, 1.807) is 31.2 Å². The number of hydrogen-bond acceptors (Lipinski definition) is 7. The van der Waals surface area contributed by atoms with Gasteiger partial charge >= 0.3 is 5.97 Å². The second-order valence-electron chi connectivity index (χ2n) is 7.02. The zero-order chi connectivity index (χ0) is 23.4. The maximum absolute atomic E-state index is 13.4. The van der Waals surface area contributed by atoms with Gasteiger partial charge in [-0.15, -0.1) is 11.8 Å². The monoisotopic (exact) mass is 485 g/mol. The lowest BCUT2D eigenvalue weighted by Crippen LogP contribution is -2.24.